The predicted octanol–water partition coefficient (Wildman–Crippen LogP) is 1.59. The Morgan fingerprint density at radius 2 is 2.00 bits per heavy atom. The first-order valence-electron chi connectivity index (χ1n) is 5.63. The van der Waals surface area contributed by atoms with Gasteiger partial charge in [0.15, 0.2) is 0 Å². The summed E-state index contributed by atoms with van der Waals surface area (Å²) in [5.74, 6) is 0.414. The molecule has 0 aromatic carbocycles. The molecule has 0 saturated heterocycles. The second-order valence-electron chi connectivity index (χ2n) is 4.47. The molecule has 0 bridgehead atoms. The Labute approximate surface area is 115 Å². The normalized spacial score (nSPS) is 24.4. The van der Waals surface area contributed by atoms with E-state index >= 15 is 0 Å². The van der Waals surface area contributed by atoms with Gasteiger partial charge in [-0.15, -0.1) is 23.2 Å². The van der Waals surface area contributed by atoms with E-state index in [0.29, 0.717) is 25.5 Å². The molecule has 1 aliphatic carbocycles. The van der Waals surface area contributed by atoms with Crippen LogP contribution in [-0.4, -0.2) is 33.3 Å². The standard InChI is InChI=1S/C11H14Cl2N4O/c1-10(7-11(10,12)13)8(18)14-5-6-17-9-15-3-2-4-16-9/h2-4H,5-7H2,1H3,(H,14,18)(H,15,16,17)/t10-/m0/s1. The fourth-order valence-electron chi connectivity index (χ4n) is 1.58. The molecule has 7 heteroatoms. The Morgan fingerprint density at radius 1 is 1.39 bits per heavy atom. The third kappa shape index (κ3) is 2.67. The van der Waals surface area contributed by atoms with Crippen LogP contribution in [0.2, 0.25) is 0 Å². The van der Waals surface area contributed by atoms with E-state index in [1.165, 1.54) is 0 Å². The Balaban J connectivity index is 1.69. The summed E-state index contributed by atoms with van der Waals surface area (Å²) in [7, 11) is 0. The van der Waals surface area contributed by atoms with Crippen LogP contribution in [0.4, 0.5) is 5.95 Å². The Bertz CT molecular complexity index is 440. The van der Waals surface area contributed by atoms with Gasteiger partial charge in [0.1, 0.15) is 4.33 Å². The fourth-order valence-corrected chi connectivity index (χ4v) is 2.29. The molecule has 1 aromatic heterocycles. The van der Waals surface area contributed by atoms with Gasteiger partial charge in [0, 0.05) is 25.5 Å². The number of halogens is 2. The lowest BCUT2D eigenvalue weighted by Crippen LogP contribution is -2.36. The first kappa shape index (κ1) is 13.4. The summed E-state index contributed by atoms with van der Waals surface area (Å²) in [6, 6.07) is 1.74. The van der Waals surface area contributed by atoms with Gasteiger partial charge in [0.05, 0.1) is 5.41 Å². The zero-order valence-corrected chi connectivity index (χ0v) is 11.4. The van der Waals surface area contributed by atoms with Crippen LogP contribution in [0.25, 0.3) is 0 Å². The average Bonchev–Trinajstić information content (AvgIpc) is 2.87. The van der Waals surface area contributed by atoms with Crippen molar-refractivity contribution in [3.8, 4) is 0 Å². The van der Waals surface area contributed by atoms with E-state index in [9.17, 15) is 4.79 Å². The van der Waals surface area contributed by atoms with Crippen molar-refractivity contribution >= 4 is 35.1 Å². The molecular formula is C11H14Cl2N4O. The van der Waals surface area contributed by atoms with E-state index in [1.807, 2.05) is 0 Å². The van der Waals surface area contributed by atoms with E-state index in [4.69, 9.17) is 23.2 Å². The molecule has 5 nitrogen and oxygen atoms in total. The van der Waals surface area contributed by atoms with Gasteiger partial charge in [-0.2, -0.15) is 0 Å². The monoisotopic (exact) mass is 288 g/mol. The van der Waals surface area contributed by atoms with Crippen LogP contribution in [0, 0.1) is 5.41 Å². The van der Waals surface area contributed by atoms with Crippen molar-refractivity contribution in [1.29, 1.82) is 0 Å². The van der Waals surface area contributed by atoms with Crippen molar-refractivity contribution in [3.63, 3.8) is 0 Å². The molecule has 2 N–H and O–H groups in total. The Hall–Kier alpha value is -1.07. The maximum atomic E-state index is 11.8. The molecule has 1 fully saturated rings. The van der Waals surface area contributed by atoms with Crippen molar-refractivity contribution in [2.45, 2.75) is 17.7 Å². The number of anilines is 1. The van der Waals surface area contributed by atoms with E-state index in [-0.39, 0.29) is 5.91 Å². The number of nitrogens with zero attached hydrogens (tertiary/aromatic N) is 2. The lowest BCUT2D eigenvalue weighted by atomic mass is 10.1. The highest BCUT2D eigenvalue weighted by atomic mass is 35.5. The number of carbonyl (C=O) groups is 1. The summed E-state index contributed by atoms with van der Waals surface area (Å²) in [6.45, 7) is 2.77. The summed E-state index contributed by atoms with van der Waals surface area (Å²) in [5.41, 5.74) is -0.667. The van der Waals surface area contributed by atoms with Gasteiger partial charge in [0.25, 0.3) is 0 Å². The number of alkyl halides is 2. The first-order valence-corrected chi connectivity index (χ1v) is 6.38. The van der Waals surface area contributed by atoms with Gasteiger partial charge in [-0.3, -0.25) is 4.79 Å². The highest BCUT2D eigenvalue weighted by Gasteiger charge is 2.67. The molecule has 1 amide bonds. The quantitative estimate of drug-likeness (QED) is 0.638. The largest absolute Gasteiger partial charge is 0.354 e. The Kier molecular flexibility index (Phi) is 3.64. The molecule has 0 spiro atoms. The molecule has 1 aromatic rings. The van der Waals surface area contributed by atoms with Gasteiger partial charge < -0.3 is 10.6 Å². The van der Waals surface area contributed by atoms with E-state index in [1.54, 1.807) is 25.4 Å². The number of hydrogen-bond acceptors (Lipinski definition) is 4. The van der Waals surface area contributed by atoms with Gasteiger partial charge in [-0.25, -0.2) is 9.97 Å². The molecule has 2 rings (SSSR count). The molecule has 0 unspecified atom stereocenters. The van der Waals surface area contributed by atoms with Crippen molar-refractivity contribution in [3.05, 3.63) is 18.5 Å². The van der Waals surface area contributed by atoms with Gasteiger partial charge >= 0.3 is 0 Å². The van der Waals surface area contributed by atoms with Crippen LogP contribution in [0.15, 0.2) is 18.5 Å². The lowest BCUT2D eigenvalue weighted by molar-refractivity contribution is -0.125. The summed E-state index contributed by atoms with van der Waals surface area (Å²) >= 11 is 11.8. The third-order valence-corrected chi connectivity index (χ3v) is 4.12. The van der Waals surface area contributed by atoms with Crippen LogP contribution >= 0.6 is 23.2 Å². The van der Waals surface area contributed by atoms with Gasteiger partial charge in [0.2, 0.25) is 11.9 Å². The first-order chi connectivity index (χ1) is 8.46. The van der Waals surface area contributed by atoms with Crippen LogP contribution in [0.5, 0.6) is 0 Å². The smallest absolute Gasteiger partial charge is 0.229 e. The maximum Gasteiger partial charge on any atom is 0.229 e. The van der Waals surface area contributed by atoms with Crippen LogP contribution in [0.3, 0.4) is 0 Å². The third-order valence-electron chi connectivity index (χ3n) is 3.02. The SMILES string of the molecule is C[C@@]1(C(=O)NCCNc2ncccn2)CC1(Cl)Cl. The summed E-state index contributed by atoms with van der Waals surface area (Å²) in [6.07, 6.45) is 3.78. The van der Waals surface area contributed by atoms with Crippen LogP contribution in [-0.2, 0) is 4.79 Å². The Morgan fingerprint density at radius 3 is 2.56 bits per heavy atom. The van der Waals surface area contributed by atoms with E-state index in [0.717, 1.165) is 0 Å². The number of aromatic nitrogens is 2. The number of carbonyl (C=O) groups excluding carboxylic acids is 1. The molecule has 0 radical (unpaired) electrons. The topological polar surface area (TPSA) is 66.9 Å². The van der Waals surface area contributed by atoms with Gasteiger partial charge in [-0.05, 0) is 19.4 Å². The molecular weight excluding hydrogens is 275 g/mol. The van der Waals surface area contributed by atoms with Crippen LogP contribution in [0.1, 0.15) is 13.3 Å². The number of nitrogens with one attached hydrogen (secondary N) is 2. The molecule has 18 heavy (non-hydrogen) atoms. The molecule has 98 valence electrons. The lowest BCUT2D eigenvalue weighted by Gasteiger charge is -2.12. The van der Waals surface area contributed by atoms with Crippen LogP contribution < -0.4 is 10.6 Å². The second-order valence-corrected chi connectivity index (χ2v) is 5.95. The predicted molar refractivity (Wildman–Crippen MR) is 70.7 cm³/mol. The van der Waals surface area contributed by atoms with Crippen molar-refractivity contribution in [2.75, 3.05) is 18.4 Å². The summed E-state index contributed by atoms with van der Waals surface area (Å²) in [4.78, 5) is 19.8. The molecule has 1 atom stereocenters. The molecule has 0 aliphatic heterocycles. The zero-order valence-electron chi connectivity index (χ0n) is 9.91. The van der Waals surface area contributed by atoms with E-state index in [2.05, 4.69) is 20.6 Å². The minimum atomic E-state index is -0.924. The second kappa shape index (κ2) is 4.90. The average molecular weight is 289 g/mol. The fraction of sp³-hybridized carbons (Fsp3) is 0.545. The van der Waals surface area contributed by atoms with Crippen molar-refractivity contribution < 1.29 is 4.79 Å². The van der Waals surface area contributed by atoms with Gasteiger partial charge in [-0.1, -0.05) is 0 Å². The molecule has 1 heterocycles. The highest BCUT2D eigenvalue weighted by Crippen LogP contribution is 2.63. The zero-order chi connectivity index (χ0) is 13.2. The summed E-state index contributed by atoms with van der Waals surface area (Å²) in [5, 5.41) is 5.77. The van der Waals surface area contributed by atoms with Crippen molar-refractivity contribution in [2.24, 2.45) is 5.41 Å². The van der Waals surface area contributed by atoms with Crippen molar-refractivity contribution in [1.82, 2.24) is 15.3 Å². The van der Waals surface area contributed by atoms with E-state index < -0.39 is 9.75 Å². The number of amides is 1. The molecule has 1 aliphatic rings. The summed E-state index contributed by atoms with van der Waals surface area (Å²) < 4.78 is -0.924. The maximum absolute atomic E-state index is 11.8. The number of rotatable bonds is 5. The minimum Gasteiger partial charge on any atom is -0.354 e. The number of hydrogen-bond donors (Lipinski definition) is 2. The minimum absolute atomic E-state index is 0.122. The molecule has 1 saturated carbocycles. The highest BCUT2D eigenvalue weighted by molar-refractivity contribution is 6.53.